The Balaban J connectivity index is 1.74. The fourth-order valence-corrected chi connectivity index (χ4v) is 3.87. The number of unbranched alkanes of at least 4 members (excludes halogenated alkanes) is 2. The summed E-state index contributed by atoms with van der Waals surface area (Å²) in [5, 5.41) is 7.46. The fraction of sp³-hybridized carbons (Fsp3) is 0.727. The van der Waals surface area contributed by atoms with Gasteiger partial charge in [0, 0.05) is 17.4 Å². The topological polar surface area (TPSA) is 41.1 Å². The van der Waals surface area contributed by atoms with Crippen LogP contribution in [0.5, 0.6) is 0 Å². The van der Waals surface area contributed by atoms with Gasteiger partial charge < -0.3 is 15.4 Å². The predicted molar refractivity (Wildman–Crippen MR) is 63.8 cm³/mol. The Morgan fingerprint density at radius 1 is 1.47 bits per heavy atom. The van der Waals surface area contributed by atoms with Crippen LogP contribution in [0.3, 0.4) is 0 Å². The lowest BCUT2D eigenvalue weighted by molar-refractivity contribution is -0.107. The van der Waals surface area contributed by atoms with E-state index in [4.69, 9.17) is 0 Å². The fourth-order valence-electron chi connectivity index (χ4n) is 2.32. The van der Waals surface area contributed by atoms with E-state index in [0.717, 1.165) is 24.9 Å². The van der Waals surface area contributed by atoms with E-state index in [1.165, 1.54) is 12.2 Å². The number of hydrogen-bond donors (Lipinski definition) is 2. The van der Waals surface area contributed by atoms with Crippen molar-refractivity contribution in [3.05, 3.63) is 12.4 Å². The molecule has 0 amide bonds. The summed E-state index contributed by atoms with van der Waals surface area (Å²) < 4.78 is 0. The molecule has 2 aliphatic rings. The Kier molecular flexibility index (Phi) is 3.57. The number of thioether (sulfide) groups is 1. The van der Waals surface area contributed by atoms with E-state index in [9.17, 15) is 4.79 Å². The first-order valence-electron chi connectivity index (χ1n) is 5.58. The average Bonchev–Trinajstić information content (AvgIpc) is 2.73. The lowest BCUT2D eigenvalue weighted by Crippen LogP contribution is -2.36. The molecule has 2 heterocycles. The Bertz CT molecular complexity index is 257. The van der Waals surface area contributed by atoms with Crippen molar-refractivity contribution < 1.29 is 4.79 Å². The zero-order chi connectivity index (χ0) is 10.7. The standard InChI is InChI=1S/C11H18N2OS/c1-8-12-9-7-15-10(11(9)13-8)5-3-2-4-6-14/h6,9-13H,1-5,7H2/t9?,10-,11?/m1/s1. The van der Waals surface area contributed by atoms with E-state index in [-0.39, 0.29) is 0 Å². The molecule has 0 radical (unpaired) electrons. The number of rotatable bonds is 5. The van der Waals surface area contributed by atoms with E-state index in [1.807, 2.05) is 11.8 Å². The zero-order valence-electron chi connectivity index (χ0n) is 8.87. The van der Waals surface area contributed by atoms with Crippen LogP contribution >= 0.6 is 11.8 Å². The predicted octanol–water partition coefficient (Wildman–Crippen LogP) is 1.26. The Hall–Kier alpha value is -0.640. The van der Waals surface area contributed by atoms with E-state index >= 15 is 0 Å². The molecule has 2 rings (SSSR count). The largest absolute Gasteiger partial charge is 0.367 e. The Morgan fingerprint density at radius 2 is 2.33 bits per heavy atom. The zero-order valence-corrected chi connectivity index (χ0v) is 9.69. The molecule has 2 fully saturated rings. The molecule has 0 saturated carbocycles. The highest BCUT2D eigenvalue weighted by molar-refractivity contribution is 8.00. The monoisotopic (exact) mass is 226 g/mol. The molecule has 0 aromatic rings. The van der Waals surface area contributed by atoms with E-state index in [2.05, 4.69) is 17.2 Å². The number of aldehydes is 1. The van der Waals surface area contributed by atoms with Crippen molar-refractivity contribution in [3.63, 3.8) is 0 Å². The van der Waals surface area contributed by atoms with Crippen LogP contribution in [0.1, 0.15) is 25.7 Å². The summed E-state index contributed by atoms with van der Waals surface area (Å²) in [6, 6.07) is 1.12. The summed E-state index contributed by atoms with van der Waals surface area (Å²) >= 11 is 2.04. The van der Waals surface area contributed by atoms with Gasteiger partial charge in [-0.15, -0.1) is 0 Å². The van der Waals surface area contributed by atoms with Gasteiger partial charge in [0.1, 0.15) is 6.29 Å². The number of fused-ring (bicyclic) bond motifs is 1. The van der Waals surface area contributed by atoms with Crippen LogP contribution in [0.15, 0.2) is 12.4 Å². The summed E-state index contributed by atoms with van der Waals surface area (Å²) in [5.74, 6) is 2.15. The molecule has 2 unspecified atom stereocenters. The smallest absolute Gasteiger partial charge is 0.119 e. The molecule has 2 N–H and O–H groups in total. The maximum atomic E-state index is 10.2. The number of carbonyl (C=O) groups excluding carboxylic acids is 1. The van der Waals surface area contributed by atoms with Gasteiger partial charge in [0.25, 0.3) is 0 Å². The molecule has 0 aromatic heterocycles. The lowest BCUT2D eigenvalue weighted by Gasteiger charge is -2.16. The van der Waals surface area contributed by atoms with Gasteiger partial charge in [-0.25, -0.2) is 0 Å². The van der Waals surface area contributed by atoms with Crippen LogP contribution in [-0.2, 0) is 4.79 Å². The van der Waals surface area contributed by atoms with Crippen molar-refractivity contribution in [2.75, 3.05) is 5.75 Å². The lowest BCUT2D eigenvalue weighted by atomic mass is 10.0. The van der Waals surface area contributed by atoms with Crippen LogP contribution < -0.4 is 10.6 Å². The third kappa shape index (κ3) is 2.48. The summed E-state index contributed by atoms with van der Waals surface area (Å²) in [7, 11) is 0. The molecule has 0 spiro atoms. The molecule has 4 heteroatoms. The van der Waals surface area contributed by atoms with Crippen LogP contribution in [0.2, 0.25) is 0 Å². The first-order valence-corrected chi connectivity index (χ1v) is 6.63. The van der Waals surface area contributed by atoms with Crippen molar-refractivity contribution in [2.24, 2.45) is 0 Å². The highest BCUT2D eigenvalue weighted by Gasteiger charge is 2.40. The Morgan fingerprint density at radius 3 is 3.13 bits per heavy atom. The van der Waals surface area contributed by atoms with Crippen LogP contribution in [0, 0.1) is 0 Å². The van der Waals surface area contributed by atoms with Gasteiger partial charge in [-0.3, -0.25) is 0 Å². The van der Waals surface area contributed by atoms with Gasteiger partial charge in [-0.2, -0.15) is 11.8 Å². The second kappa shape index (κ2) is 4.92. The van der Waals surface area contributed by atoms with E-state index in [1.54, 1.807) is 0 Å². The Labute approximate surface area is 95.1 Å². The molecule has 15 heavy (non-hydrogen) atoms. The molecular weight excluding hydrogens is 208 g/mol. The van der Waals surface area contributed by atoms with Crippen LogP contribution in [0.4, 0.5) is 0 Å². The molecule has 0 bridgehead atoms. The van der Waals surface area contributed by atoms with E-state index < -0.39 is 0 Å². The minimum Gasteiger partial charge on any atom is -0.367 e. The number of hydrogen-bond acceptors (Lipinski definition) is 4. The molecule has 0 aliphatic carbocycles. The highest BCUT2D eigenvalue weighted by atomic mass is 32.2. The minimum absolute atomic E-state index is 0.554. The van der Waals surface area contributed by atoms with Gasteiger partial charge in [0.05, 0.1) is 17.9 Å². The van der Waals surface area contributed by atoms with Crippen molar-refractivity contribution in [3.8, 4) is 0 Å². The average molecular weight is 226 g/mol. The molecule has 3 nitrogen and oxygen atoms in total. The molecule has 84 valence electrons. The van der Waals surface area contributed by atoms with Crippen LogP contribution in [0.25, 0.3) is 0 Å². The summed E-state index contributed by atoms with van der Waals surface area (Å²) in [6.07, 6.45) is 5.13. The van der Waals surface area contributed by atoms with Gasteiger partial charge in [-0.1, -0.05) is 13.0 Å². The van der Waals surface area contributed by atoms with Gasteiger partial charge in [0.15, 0.2) is 0 Å². The molecular formula is C11H18N2OS. The first-order chi connectivity index (χ1) is 7.31. The number of carbonyl (C=O) groups is 1. The number of nitrogens with one attached hydrogen (secondary N) is 2. The second-order valence-corrected chi connectivity index (χ2v) is 5.49. The van der Waals surface area contributed by atoms with Crippen molar-refractivity contribution in [1.82, 2.24) is 10.6 Å². The summed E-state index contributed by atoms with van der Waals surface area (Å²) in [5.41, 5.74) is 0. The van der Waals surface area contributed by atoms with Crippen LogP contribution in [-0.4, -0.2) is 29.4 Å². The maximum Gasteiger partial charge on any atom is 0.119 e. The van der Waals surface area contributed by atoms with Crippen molar-refractivity contribution in [1.29, 1.82) is 0 Å². The summed E-state index contributed by atoms with van der Waals surface area (Å²) in [4.78, 5) is 10.2. The van der Waals surface area contributed by atoms with Gasteiger partial charge in [-0.05, 0) is 12.8 Å². The van der Waals surface area contributed by atoms with E-state index in [0.29, 0.717) is 23.8 Å². The maximum absolute atomic E-state index is 10.2. The normalized spacial score (nSPS) is 33.3. The minimum atomic E-state index is 0.554. The highest BCUT2D eigenvalue weighted by Crippen LogP contribution is 2.34. The molecule has 0 aromatic carbocycles. The third-order valence-electron chi connectivity index (χ3n) is 3.09. The third-order valence-corrected chi connectivity index (χ3v) is 4.59. The SMILES string of the molecule is C=C1NC2CS[C@H](CCCCC=O)C2N1. The van der Waals surface area contributed by atoms with Crippen molar-refractivity contribution >= 4 is 18.0 Å². The molecule has 3 atom stereocenters. The van der Waals surface area contributed by atoms with Gasteiger partial charge >= 0.3 is 0 Å². The molecule has 2 saturated heterocycles. The molecule has 2 aliphatic heterocycles. The van der Waals surface area contributed by atoms with Crippen molar-refractivity contribution in [2.45, 2.75) is 43.0 Å². The first kappa shape index (κ1) is 10.9. The second-order valence-electron chi connectivity index (χ2n) is 4.22. The quantitative estimate of drug-likeness (QED) is 0.547. The summed E-state index contributed by atoms with van der Waals surface area (Å²) in [6.45, 7) is 3.90. The van der Waals surface area contributed by atoms with Gasteiger partial charge in [0.2, 0.25) is 0 Å².